The largest absolute Gasteiger partial charge is 0.492 e. The molecule has 76 valence electrons. The molecule has 0 saturated carbocycles. The summed E-state index contributed by atoms with van der Waals surface area (Å²) >= 11 is 0. The van der Waals surface area contributed by atoms with Crippen molar-refractivity contribution in [3.63, 3.8) is 0 Å². The summed E-state index contributed by atoms with van der Waals surface area (Å²) in [6.07, 6.45) is 2.60. The molecule has 3 heteroatoms. The lowest BCUT2D eigenvalue weighted by atomic mass is 9.74. The van der Waals surface area contributed by atoms with Crippen LogP contribution >= 0.6 is 0 Å². The Kier molecular flexibility index (Phi) is 3.04. The van der Waals surface area contributed by atoms with E-state index in [1.807, 2.05) is 36.4 Å². The molecule has 1 aromatic rings. The Morgan fingerprint density at radius 1 is 1.40 bits per heavy atom. The molecule has 0 saturated heterocycles. The van der Waals surface area contributed by atoms with Crippen molar-refractivity contribution in [1.82, 2.24) is 0 Å². The van der Waals surface area contributed by atoms with Crippen molar-refractivity contribution in [3.8, 4) is 0 Å². The van der Waals surface area contributed by atoms with Crippen LogP contribution in [0, 0.1) is 0 Å². The highest BCUT2D eigenvalue weighted by molar-refractivity contribution is 6.68. The average Bonchev–Trinajstić information content (AvgIpc) is 2.62. The van der Waals surface area contributed by atoms with E-state index < -0.39 is 7.12 Å². The molecule has 0 spiro atoms. The smallest absolute Gasteiger partial charge is 0.423 e. The lowest BCUT2D eigenvalue weighted by Gasteiger charge is -2.05. The number of benzene rings is 1. The monoisotopic (exact) mass is 200 g/mol. The third-order valence-electron chi connectivity index (χ3n) is 2.52. The van der Waals surface area contributed by atoms with Gasteiger partial charge in [-0.3, -0.25) is 0 Å². The summed E-state index contributed by atoms with van der Waals surface area (Å²) in [6, 6.07) is 9.84. The van der Waals surface area contributed by atoms with E-state index in [2.05, 4.69) is 6.58 Å². The highest BCUT2D eigenvalue weighted by Crippen LogP contribution is 2.28. The first-order valence-electron chi connectivity index (χ1n) is 5.01. The number of hydrogen-bond donors (Lipinski definition) is 1. The van der Waals surface area contributed by atoms with Crippen molar-refractivity contribution in [3.05, 3.63) is 54.1 Å². The van der Waals surface area contributed by atoms with Gasteiger partial charge in [-0.1, -0.05) is 36.4 Å². The summed E-state index contributed by atoms with van der Waals surface area (Å²) in [6.45, 7) is 4.20. The van der Waals surface area contributed by atoms with Crippen LogP contribution in [0.2, 0.25) is 0 Å². The average molecular weight is 200 g/mol. The quantitative estimate of drug-likeness (QED) is 0.597. The summed E-state index contributed by atoms with van der Waals surface area (Å²) < 4.78 is 5.22. The van der Waals surface area contributed by atoms with E-state index in [9.17, 15) is 5.02 Å². The lowest BCUT2D eigenvalue weighted by molar-refractivity contribution is 0.309. The molecule has 2 nitrogen and oxygen atoms in total. The maximum Gasteiger partial charge on any atom is 0.492 e. The zero-order valence-electron chi connectivity index (χ0n) is 8.52. The van der Waals surface area contributed by atoms with Crippen molar-refractivity contribution >= 4 is 12.6 Å². The second-order valence-corrected chi connectivity index (χ2v) is 3.54. The zero-order chi connectivity index (χ0) is 10.7. The van der Waals surface area contributed by atoms with Gasteiger partial charge >= 0.3 is 7.12 Å². The van der Waals surface area contributed by atoms with Gasteiger partial charge in [0.15, 0.2) is 0 Å². The van der Waals surface area contributed by atoms with E-state index in [1.165, 1.54) is 0 Å². The topological polar surface area (TPSA) is 29.5 Å². The van der Waals surface area contributed by atoms with Crippen molar-refractivity contribution in [2.75, 3.05) is 6.61 Å². The predicted molar refractivity (Wildman–Crippen MR) is 62.1 cm³/mol. The molecule has 1 aromatic carbocycles. The number of allylic oxidation sites excluding steroid dienone is 1. The summed E-state index contributed by atoms with van der Waals surface area (Å²) in [5.74, 6) is 0. The van der Waals surface area contributed by atoms with Crippen molar-refractivity contribution < 1.29 is 9.68 Å². The SMILES string of the molecule is C=CCC1=C(c2ccccc2)B(O)OC1. The van der Waals surface area contributed by atoms with Gasteiger partial charge in [0.1, 0.15) is 0 Å². The van der Waals surface area contributed by atoms with E-state index in [0.29, 0.717) is 6.61 Å². The summed E-state index contributed by atoms with van der Waals surface area (Å²) in [7, 11) is -0.789. The molecule has 1 N–H and O–H groups in total. The zero-order valence-corrected chi connectivity index (χ0v) is 8.52. The maximum absolute atomic E-state index is 9.73. The minimum absolute atomic E-state index is 0.497. The Morgan fingerprint density at radius 2 is 2.13 bits per heavy atom. The Bertz CT molecular complexity index is 384. The Morgan fingerprint density at radius 3 is 2.80 bits per heavy atom. The van der Waals surface area contributed by atoms with Crippen LogP contribution in [0.1, 0.15) is 12.0 Å². The molecule has 0 amide bonds. The molecular weight excluding hydrogens is 187 g/mol. The van der Waals surface area contributed by atoms with Crippen LogP contribution < -0.4 is 0 Å². The Hall–Kier alpha value is -1.32. The van der Waals surface area contributed by atoms with Crippen LogP contribution in [0.4, 0.5) is 0 Å². The minimum atomic E-state index is -0.789. The fraction of sp³-hybridized carbons (Fsp3) is 0.167. The van der Waals surface area contributed by atoms with Gasteiger partial charge in [0.25, 0.3) is 0 Å². The van der Waals surface area contributed by atoms with E-state index >= 15 is 0 Å². The van der Waals surface area contributed by atoms with Gasteiger partial charge < -0.3 is 9.68 Å². The highest BCUT2D eigenvalue weighted by Gasteiger charge is 2.30. The summed E-state index contributed by atoms with van der Waals surface area (Å²) in [5, 5.41) is 9.73. The van der Waals surface area contributed by atoms with E-state index in [-0.39, 0.29) is 0 Å². The Labute approximate surface area is 90.0 Å². The fourth-order valence-electron chi connectivity index (χ4n) is 1.82. The van der Waals surface area contributed by atoms with Gasteiger partial charge in [-0.05, 0) is 23.0 Å². The van der Waals surface area contributed by atoms with E-state index in [1.54, 1.807) is 0 Å². The molecule has 1 heterocycles. The van der Waals surface area contributed by atoms with Gasteiger partial charge in [-0.25, -0.2) is 0 Å². The molecule has 0 aliphatic carbocycles. The van der Waals surface area contributed by atoms with Crippen LogP contribution in [0.5, 0.6) is 0 Å². The predicted octanol–water partition coefficient (Wildman–Crippen LogP) is 2.07. The molecule has 1 aliphatic rings. The van der Waals surface area contributed by atoms with E-state index in [4.69, 9.17) is 4.65 Å². The standard InChI is InChI=1S/C12H13BO2/c1-2-6-11-9-15-13(14)12(11)10-7-4-3-5-8-10/h2-5,7-8,14H,1,6,9H2. The maximum atomic E-state index is 9.73. The van der Waals surface area contributed by atoms with Crippen LogP contribution in [-0.4, -0.2) is 18.7 Å². The van der Waals surface area contributed by atoms with Gasteiger partial charge in [0, 0.05) is 0 Å². The van der Waals surface area contributed by atoms with Crippen molar-refractivity contribution in [2.45, 2.75) is 6.42 Å². The van der Waals surface area contributed by atoms with Gasteiger partial charge in [-0.2, -0.15) is 0 Å². The molecule has 15 heavy (non-hydrogen) atoms. The van der Waals surface area contributed by atoms with Crippen LogP contribution in [0.15, 0.2) is 48.6 Å². The minimum Gasteiger partial charge on any atom is -0.423 e. The lowest BCUT2D eigenvalue weighted by Crippen LogP contribution is -2.14. The third kappa shape index (κ3) is 2.03. The summed E-state index contributed by atoms with van der Waals surface area (Å²) in [5.41, 5.74) is 3.04. The van der Waals surface area contributed by atoms with Gasteiger partial charge in [0.2, 0.25) is 0 Å². The molecule has 1 aliphatic heterocycles. The van der Waals surface area contributed by atoms with Crippen LogP contribution in [-0.2, 0) is 4.65 Å². The first-order valence-corrected chi connectivity index (χ1v) is 5.01. The highest BCUT2D eigenvalue weighted by atomic mass is 16.5. The van der Waals surface area contributed by atoms with E-state index in [0.717, 1.165) is 23.0 Å². The molecule has 0 unspecified atom stereocenters. The second kappa shape index (κ2) is 4.47. The van der Waals surface area contributed by atoms with Gasteiger partial charge in [-0.15, -0.1) is 6.58 Å². The van der Waals surface area contributed by atoms with Crippen LogP contribution in [0.25, 0.3) is 5.47 Å². The van der Waals surface area contributed by atoms with Crippen molar-refractivity contribution in [2.24, 2.45) is 0 Å². The van der Waals surface area contributed by atoms with Gasteiger partial charge in [0.05, 0.1) is 6.61 Å². The molecular formula is C12H13BO2. The van der Waals surface area contributed by atoms with Crippen LogP contribution in [0.3, 0.4) is 0 Å². The summed E-state index contributed by atoms with van der Waals surface area (Å²) in [4.78, 5) is 0. The van der Waals surface area contributed by atoms with Crippen molar-refractivity contribution in [1.29, 1.82) is 0 Å². The first kappa shape index (κ1) is 10.2. The molecule has 2 rings (SSSR count). The number of rotatable bonds is 3. The normalized spacial score (nSPS) is 15.9. The molecule has 0 bridgehead atoms. The Balaban J connectivity index is 2.39. The molecule has 0 radical (unpaired) electrons. The second-order valence-electron chi connectivity index (χ2n) is 3.54. The molecule has 0 aromatic heterocycles. The fourth-order valence-corrected chi connectivity index (χ4v) is 1.82. The first-order chi connectivity index (χ1) is 7.33. The number of hydrogen-bond acceptors (Lipinski definition) is 2. The third-order valence-corrected chi connectivity index (χ3v) is 2.52. The molecule has 0 fully saturated rings. The molecule has 0 atom stereocenters.